The van der Waals surface area contributed by atoms with Gasteiger partial charge in [-0.2, -0.15) is 4.98 Å². The first-order chi connectivity index (χ1) is 8.67. The van der Waals surface area contributed by atoms with Gasteiger partial charge < -0.3 is 10.3 Å². The summed E-state index contributed by atoms with van der Waals surface area (Å²) in [7, 11) is 0. The SMILES string of the molecule is NC1(c2nc(-c3ccc(F)cc3)no2)CCCC1. The van der Waals surface area contributed by atoms with Crippen molar-refractivity contribution < 1.29 is 8.91 Å². The molecule has 94 valence electrons. The quantitative estimate of drug-likeness (QED) is 0.885. The van der Waals surface area contributed by atoms with Gasteiger partial charge in [-0.3, -0.25) is 0 Å². The minimum atomic E-state index is -0.481. The van der Waals surface area contributed by atoms with Crippen molar-refractivity contribution in [1.29, 1.82) is 0 Å². The third kappa shape index (κ3) is 1.90. The summed E-state index contributed by atoms with van der Waals surface area (Å²) in [5.74, 6) is 0.662. The maximum Gasteiger partial charge on any atom is 0.247 e. The summed E-state index contributed by atoms with van der Waals surface area (Å²) in [6.45, 7) is 0. The van der Waals surface area contributed by atoms with Gasteiger partial charge in [0.1, 0.15) is 5.82 Å². The first-order valence-electron chi connectivity index (χ1n) is 6.06. The number of nitrogens with zero attached hydrogens (tertiary/aromatic N) is 2. The van der Waals surface area contributed by atoms with Crippen LogP contribution in [0.15, 0.2) is 28.8 Å². The highest BCUT2D eigenvalue weighted by molar-refractivity contribution is 5.53. The average Bonchev–Trinajstić information content (AvgIpc) is 2.99. The molecule has 1 saturated carbocycles. The zero-order valence-electron chi connectivity index (χ0n) is 9.90. The van der Waals surface area contributed by atoms with Crippen LogP contribution in [0, 0.1) is 5.82 Å². The Morgan fingerprint density at radius 2 is 1.83 bits per heavy atom. The molecule has 4 nitrogen and oxygen atoms in total. The van der Waals surface area contributed by atoms with Crippen LogP contribution >= 0.6 is 0 Å². The lowest BCUT2D eigenvalue weighted by Crippen LogP contribution is -2.33. The number of hydrogen-bond acceptors (Lipinski definition) is 4. The molecule has 1 fully saturated rings. The fraction of sp³-hybridized carbons (Fsp3) is 0.385. The molecule has 5 heteroatoms. The van der Waals surface area contributed by atoms with Gasteiger partial charge in [-0.05, 0) is 37.1 Å². The molecule has 1 heterocycles. The summed E-state index contributed by atoms with van der Waals surface area (Å²) in [6.07, 6.45) is 3.92. The molecule has 1 aromatic heterocycles. The Balaban J connectivity index is 1.91. The molecule has 1 aromatic carbocycles. The summed E-state index contributed by atoms with van der Waals surface area (Å²) < 4.78 is 18.1. The minimum Gasteiger partial charge on any atom is -0.337 e. The highest BCUT2D eigenvalue weighted by Crippen LogP contribution is 2.35. The van der Waals surface area contributed by atoms with Crippen LogP contribution in [0.3, 0.4) is 0 Å². The van der Waals surface area contributed by atoms with Crippen LogP contribution in [0.25, 0.3) is 11.4 Å². The molecule has 18 heavy (non-hydrogen) atoms. The Labute approximate surface area is 104 Å². The van der Waals surface area contributed by atoms with Gasteiger partial charge in [0, 0.05) is 5.56 Å². The lowest BCUT2D eigenvalue weighted by atomic mass is 9.99. The number of rotatable bonds is 2. The van der Waals surface area contributed by atoms with Crippen LogP contribution in [-0.4, -0.2) is 10.1 Å². The highest BCUT2D eigenvalue weighted by atomic mass is 19.1. The van der Waals surface area contributed by atoms with E-state index in [0.29, 0.717) is 11.7 Å². The maximum atomic E-state index is 12.8. The van der Waals surface area contributed by atoms with Crippen LogP contribution in [0.2, 0.25) is 0 Å². The first-order valence-corrected chi connectivity index (χ1v) is 6.06. The Hall–Kier alpha value is -1.75. The van der Waals surface area contributed by atoms with Crippen molar-refractivity contribution in [3.8, 4) is 11.4 Å². The van der Waals surface area contributed by atoms with Gasteiger partial charge in [0.05, 0.1) is 5.54 Å². The molecule has 0 radical (unpaired) electrons. The van der Waals surface area contributed by atoms with Crippen molar-refractivity contribution in [1.82, 2.24) is 10.1 Å². The van der Waals surface area contributed by atoms with E-state index in [-0.39, 0.29) is 5.82 Å². The Bertz CT molecular complexity index is 544. The van der Waals surface area contributed by atoms with Crippen LogP contribution < -0.4 is 5.73 Å². The predicted molar refractivity (Wildman–Crippen MR) is 64.0 cm³/mol. The van der Waals surface area contributed by atoms with Crippen LogP contribution in [-0.2, 0) is 5.54 Å². The van der Waals surface area contributed by atoms with E-state index in [1.807, 2.05) is 0 Å². The van der Waals surface area contributed by atoms with Crippen molar-refractivity contribution in [2.75, 3.05) is 0 Å². The van der Waals surface area contributed by atoms with Gasteiger partial charge in [0.15, 0.2) is 0 Å². The molecule has 2 aromatic rings. The van der Waals surface area contributed by atoms with Gasteiger partial charge in [0.25, 0.3) is 0 Å². The standard InChI is InChI=1S/C13H14FN3O/c14-10-5-3-9(4-6-10)11-16-12(18-17-11)13(15)7-1-2-8-13/h3-6H,1-2,7-8,15H2. The number of nitrogens with two attached hydrogens (primary N) is 1. The van der Waals surface area contributed by atoms with Gasteiger partial charge in [-0.1, -0.05) is 18.0 Å². The molecule has 0 atom stereocenters. The lowest BCUT2D eigenvalue weighted by molar-refractivity contribution is 0.285. The molecule has 0 amide bonds. The summed E-state index contributed by atoms with van der Waals surface area (Å²) in [5.41, 5.74) is 6.49. The van der Waals surface area contributed by atoms with E-state index in [9.17, 15) is 4.39 Å². The van der Waals surface area contributed by atoms with E-state index >= 15 is 0 Å². The average molecular weight is 247 g/mol. The zero-order chi connectivity index (χ0) is 12.6. The number of halogens is 1. The van der Waals surface area contributed by atoms with E-state index in [1.54, 1.807) is 12.1 Å². The second-order valence-electron chi connectivity index (χ2n) is 4.79. The topological polar surface area (TPSA) is 64.9 Å². The monoisotopic (exact) mass is 247 g/mol. The normalized spacial score (nSPS) is 18.1. The molecule has 0 bridgehead atoms. The van der Waals surface area contributed by atoms with Crippen molar-refractivity contribution in [2.24, 2.45) is 5.73 Å². The minimum absolute atomic E-state index is 0.284. The van der Waals surface area contributed by atoms with Gasteiger partial charge in [-0.15, -0.1) is 0 Å². The molecule has 1 aliphatic carbocycles. The van der Waals surface area contributed by atoms with E-state index < -0.39 is 5.54 Å². The molecular formula is C13H14FN3O. The van der Waals surface area contributed by atoms with Crippen molar-refractivity contribution in [3.05, 3.63) is 36.0 Å². The maximum absolute atomic E-state index is 12.8. The second-order valence-corrected chi connectivity index (χ2v) is 4.79. The van der Waals surface area contributed by atoms with Gasteiger partial charge >= 0.3 is 0 Å². The molecular weight excluding hydrogens is 233 g/mol. The number of aromatic nitrogens is 2. The van der Waals surface area contributed by atoms with Gasteiger partial charge in [-0.25, -0.2) is 4.39 Å². The molecule has 0 aliphatic heterocycles. The lowest BCUT2D eigenvalue weighted by Gasteiger charge is -2.17. The van der Waals surface area contributed by atoms with E-state index in [0.717, 1.165) is 31.2 Å². The van der Waals surface area contributed by atoms with Crippen LogP contribution in [0.4, 0.5) is 4.39 Å². The summed E-state index contributed by atoms with van der Waals surface area (Å²) >= 11 is 0. The molecule has 3 rings (SSSR count). The Kier molecular flexibility index (Phi) is 2.63. The third-order valence-corrected chi connectivity index (χ3v) is 3.45. The van der Waals surface area contributed by atoms with E-state index in [1.165, 1.54) is 12.1 Å². The molecule has 1 aliphatic rings. The Morgan fingerprint density at radius 1 is 1.17 bits per heavy atom. The van der Waals surface area contributed by atoms with Crippen LogP contribution in [0.5, 0.6) is 0 Å². The fourth-order valence-corrected chi connectivity index (χ4v) is 2.36. The summed E-state index contributed by atoms with van der Waals surface area (Å²) in [6, 6.07) is 6.00. The van der Waals surface area contributed by atoms with Crippen LogP contribution in [0.1, 0.15) is 31.6 Å². The van der Waals surface area contributed by atoms with E-state index in [4.69, 9.17) is 10.3 Å². The molecule has 0 saturated heterocycles. The van der Waals surface area contributed by atoms with Crippen molar-refractivity contribution in [2.45, 2.75) is 31.2 Å². The summed E-state index contributed by atoms with van der Waals surface area (Å²) in [5, 5.41) is 3.92. The third-order valence-electron chi connectivity index (χ3n) is 3.45. The van der Waals surface area contributed by atoms with E-state index in [2.05, 4.69) is 10.1 Å². The zero-order valence-corrected chi connectivity index (χ0v) is 9.90. The molecule has 0 unspecified atom stereocenters. The second kappa shape index (κ2) is 4.17. The number of hydrogen-bond donors (Lipinski definition) is 1. The first kappa shape index (κ1) is 11.3. The smallest absolute Gasteiger partial charge is 0.247 e. The molecule has 2 N–H and O–H groups in total. The van der Waals surface area contributed by atoms with Crippen molar-refractivity contribution >= 4 is 0 Å². The molecule has 0 spiro atoms. The largest absolute Gasteiger partial charge is 0.337 e. The van der Waals surface area contributed by atoms with Gasteiger partial charge in [0.2, 0.25) is 11.7 Å². The Morgan fingerprint density at radius 3 is 2.50 bits per heavy atom. The number of benzene rings is 1. The van der Waals surface area contributed by atoms with Crippen molar-refractivity contribution in [3.63, 3.8) is 0 Å². The highest BCUT2D eigenvalue weighted by Gasteiger charge is 2.36. The summed E-state index contributed by atoms with van der Waals surface area (Å²) in [4.78, 5) is 4.34. The fourth-order valence-electron chi connectivity index (χ4n) is 2.36. The predicted octanol–water partition coefficient (Wildman–Crippen LogP) is 2.60.